The summed E-state index contributed by atoms with van der Waals surface area (Å²) in [6, 6.07) is 3.36. The summed E-state index contributed by atoms with van der Waals surface area (Å²) < 4.78 is 6.20. The second kappa shape index (κ2) is 4.00. The fourth-order valence-corrected chi connectivity index (χ4v) is 2.04. The van der Waals surface area contributed by atoms with Crippen LogP contribution in [0, 0.1) is 4.91 Å². The summed E-state index contributed by atoms with van der Waals surface area (Å²) in [6.45, 7) is 0. The Morgan fingerprint density at radius 1 is 1.33 bits per heavy atom. The van der Waals surface area contributed by atoms with Crippen LogP contribution in [0.1, 0.15) is 0 Å². The Morgan fingerprint density at radius 3 is 2.17 bits per heavy atom. The molecule has 1 aromatic rings. The molecular weight excluding hydrogens is 290 g/mol. The number of hydrogen-bond donors (Lipinski definition) is 0. The molecule has 0 aliphatic rings. The van der Waals surface area contributed by atoms with E-state index in [0.717, 1.165) is 0 Å². The Labute approximate surface area is 86.3 Å². The van der Waals surface area contributed by atoms with E-state index in [4.69, 9.17) is 4.74 Å². The highest BCUT2D eigenvalue weighted by Crippen LogP contribution is 2.36. The van der Waals surface area contributed by atoms with E-state index >= 15 is 0 Å². The molecule has 0 radical (unpaired) electrons. The van der Waals surface area contributed by atoms with Crippen LogP contribution in [0.2, 0.25) is 0 Å². The number of nitroso groups, excluding NO2 is 1. The monoisotopic (exact) mass is 293 g/mol. The molecule has 0 heterocycles. The molecule has 0 aliphatic heterocycles. The highest BCUT2D eigenvalue weighted by atomic mass is 79.9. The first-order valence-corrected chi connectivity index (χ1v) is 4.64. The van der Waals surface area contributed by atoms with E-state index in [9.17, 15) is 4.91 Å². The van der Waals surface area contributed by atoms with Crippen molar-refractivity contribution in [2.75, 3.05) is 7.11 Å². The lowest BCUT2D eigenvalue weighted by Gasteiger charge is -2.03. The van der Waals surface area contributed by atoms with E-state index in [0.29, 0.717) is 20.4 Å². The summed E-state index contributed by atoms with van der Waals surface area (Å²) in [7, 11) is 1.56. The van der Waals surface area contributed by atoms with Gasteiger partial charge < -0.3 is 4.74 Å². The standard InChI is InChI=1S/C7H5Br2NO2/c1-12-4-2-5(8)7(10-11)6(9)3-4/h2-3H,1H3. The summed E-state index contributed by atoms with van der Waals surface area (Å²) >= 11 is 6.39. The predicted molar refractivity (Wildman–Crippen MR) is 53.8 cm³/mol. The van der Waals surface area contributed by atoms with Crippen LogP contribution in [-0.4, -0.2) is 7.11 Å². The second-order valence-corrected chi connectivity index (χ2v) is 3.74. The average molecular weight is 295 g/mol. The highest BCUT2D eigenvalue weighted by molar-refractivity contribution is 9.11. The molecule has 0 saturated carbocycles. The SMILES string of the molecule is COc1cc(Br)c(N=O)c(Br)c1. The van der Waals surface area contributed by atoms with Crippen molar-refractivity contribution in [3.05, 3.63) is 26.0 Å². The van der Waals surface area contributed by atoms with E-state index in [1.165, 1.54) is 0 Å². The zero-order chi connectivity index (χ0) is 9.14. The third kappa shape index (κ3) is 1.84. The molecule has 64 valence electrons. The third-order valence-corrected chi connectivity index (χ3v) is 2.53. The molecule has 3 nitrogen and oxygen atoms in total. The van der Waals surface area contributed by atoms with Gasteiger partial charge in [0.2, 0.25) is 0 Å². The molecule has 0 atom stereocenters. The Balaban J connectivity index is 3.27. The fourth-order valence-electron chi connectivity index (χ4n) is 0.747. The van der Waals surface area contributed by atoms with Crippen molar-refractivity contribution >= 4 is 37.5 Å². The van der Waals surface area contributed by atoms with Gasteiger partial charge in [0.15, 0.2) is 0 Å². The number of hydrogen-bond acceptors (Lipinski definition) is 3. The minimum atomic E-state index is 0.343. The highest BCUT2D eigenvalue weighted by Gasteiger charge is 2.07. The van der Waals surface area contributed by atoms with Crippen LogP contribution in [0.3, 0.4) is 0 Å². The zero-order valence-electron chi connectivity index (χ0n) is 6.17. The molecule has 0 bridgehead atoms. The Kier molecular flexibility index (Phi) is 3.22. The molecule has 0 N–H and O–H groups in total. The summed E-state index contributed by atoms with van der Waals surface area (Å²) in [6.07, 6.45) is 0. The molecule has 0 aromatic heterocycles. The smallest absolute Gasteiger partial charge is 0.136 e. The molecule has 0 fully saturated rings. The van der Waals surface area contributed by atoms with E-state index < -0.39 is 0 Å². The van der Waals surface area contributed by atoms with Gasteiger partial charge in [0.05, 0.1) is 16.1 Å². The molecule has 0 saturated heterocycles. The van der Waals surface area contributed by atoms with Crippen LogP contribution in [-0.2, 0) is 0 Å². The van der Waals surface area contributed by atoms with Crippen molar-refractivity contribution in [3.63, 3.8) is 0 Å². The molecule has 1 rings (SSSR count). The van der Waals surface area contributed by atoms with Crippen molar-refractivity contribution in [3.8, 4) is 5.75 Å². The van der Waals surface area contributed by atoms with Crippen LogP contribution in [0.15, 0.2) is 26.3 Å². The molecule has 0 unspecified atom stereocenters. The average Bonchev–Trinajstić information content (AvgIpc) is 2.03. The van der Waals surface area contributed by atoms with Gasteiger partial charge >= 0.3 is 0 Å². The van der Waals surface area contributed by atoms with Crippen LogP contribution in [0.5, 0.6) is 5.75 Å². The minimum Gasteiger partial charge on any atom is -0.497 e. The second-order valence-electron chi connectivity index (χ2n) is 2.03. The van der Waals surface area contributed by atoms with Crippen molar-refractivity contribution in [2.24, 2.45) is 5.18 Å². The molecule has 12 heavy (non-hydrogen) atoms. The number of rotatable bonds is 2. The molecule has 5 heteroatoms. The van der Waals surface area contributed by atoms with E-state index in [-0.39, 0.29) is 0 Å². The predicted octanol–water partition coefficient (Wildman–Crippen LogP) is 3.62. The van der Waals surface area contributed by atoms with Crippen LogP contribution in [0.4, 0.5) is 5.69 Å². The third-order valence-electron chi connectivity index (χ3n) is 1.32. The number of nitrogens with zero attached hydrogens (tertiary/aromatic N) is 1. The molecule has 0 amide bonds. The molecule has 0 aliphatic carbocycles. The first kappa shape index (κ1) is 9.67. The van der Waals surface area contributed by atoms with Gasteiger partial charge in [-0.1, -0.05) is 0 Å². The van der Waals surface area contributed by atoms with Gasteiger partial charge in [-0.15, -0.1) is 4.91 Å². The zero-order valence-corrected chi connectivity index (χ0v) is 9.35. The molecule has 0 spiro atoms. The van der Waals surface area contributed by atoms with Crippen LogP contribution in [0.25, 0.3) is 0 Å². The first-order valence-electron chi connectivity index (χ1n) is 3.05. The summed E-state index contributed by atoms with van der Waals surface area (Å²) in [4.78, 5) is 10.3. The van der Waals surface area contributed by atoms with E-state index in [2.05, 4.69) is 37.0 Å². The van der Waals surface area contributed by atoms with Gasteiger partial charge in [0.25, 0.3) is 0 Å². The van der Waals surface area contributed by atoms with Crippen molar-refractivity contribution in [1.82, 2.24) is 0 Å². The van der Waals surface area contributed by atoms with Gasteiger partial charge in [0, 0.05) is 0 Å². The lowest BCUT2D eigenvalue weighted by molar-refractivity contribution is 0.414. The van der Waals surface area contributed by atoms with E-state index in [1.807, 2.05) is 0 Å². The largest absolute Gasteiger partial charge is 0.497 e. The summed E-state index contributed by atoms with van der Waals surface area (Å²) in [5.41, 5.74) is 0.343. The number of halogens is 2. The Bertz CT molecular complexity index is 291. The van der Waals surface area contributed by atoms with Crippen LogP contribution >= 0.6 is 31.9 Å². The van der Waals surface area contributed by atoms with Gasteiger partial charge in [0.1, 0.15) is 11.4 Å². The van der Waals surface area contributed by atoms with Crippen LogP contribution < -0.4 is 4.74 Å². The topological polar surface area (TPSA) is 38.7 Å². The van der Waals surface area contributed by atoms with Crippen molar-refractivity contribution in [2.45, 2.75) is 0 Å². The van der Waals surface area contributed by atoms with Gasteiger partial charge in [-0.2, -0.15) is 0 Å². The van der Waals surface area contributed by atoms with E-state index in [1.54, 1.807) is 19.2 Å². The maximum Gasteiger partial charge on any atom is 0.136 e. The minimum absolute atomic E-state index is 0.343. The normalized spacial score (nSPS) is 9.58. The number of methoxy groups -OCH3 is 1. The van der Waals surface area contributed by atoms with Crippen molar-refractivity contribution in [1.29, 1.82) is 0 Å². The lowest BCUT2D eigenvalue weighted by atomic mass is 10.3. The maximum absolute atomic E-state index is 10.3. The van der Waals surface area contributed by atoms with Gasteiger partial charge in [-0.25, -0.2) is 0 Å². The number of benzene rings is 1. The van der Waals surface area contributed by atoms with Gasteiger partial charge in [-0.05, 0) is 49.2 Å². The summed E-state index contributed by atoms with van der Waals surface area (Å²) in [5.74, 6) is 0.668. The Hall–Kier alpha value is -0.420. The quantitative estimate of drug-likeness (QED) is 0.782. The Morgan fingerprint density at radius 2 is 1.83 bits per heavy atom. The van der Waals surface area contributed by atoms with Crippen molar-refractivity contribution < 1.29 is 4.74 Å². The fraction of sp³-hybridized carbons (Fsp3) is 0.143. The summed E-state index contributed by atoms with van der Waals surface area (Å²) in [5, 5.41) is 2.85. The lowest BCUT2D eigenvalue weighted by Crippen LogP contribution is -1.82. The maximum atomic E-state index is 10.3. The molecule has 1 aromatic carbocycles. The van der Waals surface area contributed by atoms with Gasteiger partial charge in [-0.3, -0.25) is 0 Å². The number of ether oxygens (including phenoxy) is 1. The molecular formula is C7H5Br2NO2. The first-order chi connectivity index (χ1) is 5.69.